The minimum atomic E-state index is -1.66. The van der Waals surface area contributed by atoms with E-state index in [2.05, 4.69) is 160 Å². The van der Waals surface area contributed by atoms with Crippen LogP contribution in [-0.4, -0.2) is 99.6 Å². The fourth-order valence-electron chi connectivity index (χ4n) is 9.27. The second-order valence-electron chi connectivity index (χ2n) is 22.1. The van der Waals surface area contributed by atoms with Gasteiger partial charge in [-0.05, 0) is 116 Å². The average molecular weight is 1180 g/mol. The molecule has 8 atom stereocenters. The van der Waals surface area contributed by atoms with Crippen molar-refractivity contribution in [2.45, 2.75) is 282 Å². The van der Waals surface area contributed by atoms with Gasteiger partial charge < -0.3 is 45.1 Å². The van der Waals surface area contributed by atoms with Gasteiger partial charge in [0, 0.05) is 6.42 Å². The van der Waals surface area contributed by atoms with Gasteiger partial charge in [0.2, 0.25) is 5.91 Å². The predicted molar refractivity (Wildman–Crippen MR) is 356 cm³/mol. The number of carbonyl (C=O) groups excluding carboxylic acids is 2. The molecule has 1 aliphatic rings. The first-order chi connectivity index (χ1) is 41.7. The molecule has 11 nitrogen and oxygen atoms in total. The molecule has 0 saturated carbocycles. The second-order valence-corrected chi connectivity index (χ2v) is 22.1. The summed E-state index contributed by atoms with van der Waals surface area (Å²) in [6.07, 6.45) is 77.2. The summed E-state index contributed by atoms with van der Waals surface area (Å²) in [6, 6.07) is -1.06. The van der Waals surface area contributed by atoms with E-state index in [0.717, 1.165) is 141 Å². The van der Waals surface area contributed by atoms with Gasteiger partial charge in [0.25, 0.3) is 0 Å². The van der Waals surface area contributed by atoms with Gasteiger partial charge in [0.15, 0.2) is 12.4 Å². The fraction of sp³-hybridized carbons (Fsp3) is 0.622. The first-order valence-corrected chi connectivity index (χ1v) is 33.3. The number of allylic oxidation sites excluding steroid dienone is 25. The molecule has 480 valence electrons. The van der Waals surface area contributed by atoms with Crippen LogP contribution in [0, 0.1) is 0 Å². The fourth-order valence-corrected chi connectivity index (χ4v) is 9.27. The Hall–Kier alpha value is -4.72. The van der Waals surface area contributed by atoms with Crippen LogP contribution in [0.1, 0.15) is 233 Å². The molecule has 11 heteroatoms. The molecule has 0 radical (unpaired) electrons. The standard InChI is InChI=1S/C74H119NO10/c1-4-7-10-13-16-19-22-24-26-28-30-31-32-33-34-35-36-38-39-41-43-46-49-52-55-58-61-67(78)73(82)75-65(66(77)60-57-54-51-48-45-21-18-15-12-9-6-3)64-83-74-72(71(81)70(80)68(63-76)84-74)85-69(79)62-59-56-53-50-47-44-42-40-37-29-27-25-23-20-17-14-11-8-5-2/h7-8,10-11,16-17,19-20,24-27,30-31,33-34,36-38,40,44,47,53,56-57,60,65-68,70-72,74,76-78,80-81H,4-6,9,12-15,18,21-23,28-29,32,35,39,41-43,45-46,48-52,54-55,58-59,61-64H2,1-3H3,(H,75,82)/b10-7-,11-8-,19-16-,20-17-,26-24-,27-25-,31-30-,34-33-,38-36-,40-37-,47-44-,56-53-,60-57+. The Morgan fingerprint density at radius 1 is 0.471 bits per heavy atom. The largest absolute Gasteiger partial charge is 0.454 e. The Morgan fingerprint density at radius 3 is 1.27 bits per heavy atom. The van der Waals surface area contributed by atoms with Gasteiger partial charge in [-0.2, -0.15) is 0 Å². The van der Waals surface area contributed by atoms with E-state index in [9.17, 15) is 35.1 Å². The Morgan fingerprint density at radius 2 is 0.847 bits per heavy atom. The van der Waals surface area contributed by atoms with Crippen molar-refractivity contribution in [3.63, 3.8) is 0 Å². The summed E-state index contributed by atoms with van der Waals surface area (Å²) < 4.78 is 17.5. The number of rotatable bonds is 54. The van der Waals surface area contributed by atoms with E-state index >= 15 is 0 Å². The summed E-state index contributed by atoms with van der Waals surface area (Å²) in [5.74, 6) is -1.31. The monoisotopic (exact) mass is 1180 g/mol. The summed E-state index contributed by atoms with van der Waals surface area (Å²) in [4.78, 5) is 26.6. The van der Waals surface area contributed by atoms with Crippen LogP contribution in [0.4, 0.5) is 0 Å². The van der Waals surface area contributed by atoms with E-state index in [1.807, 2.05) is 18.2 Å². The van der Waals surface area contributed by atoms with Crippen LogP contribution < -0.4 is 5.32 Å². The minimum absolute atomic E-state index is 0.0115. The molecule has 0 aliphatic carbocycles. The molecule has 0 aromatic carbocycles. The van der Waals surface area contributed by atoms with Crippen molar-refractivity contribution in [2.24, 2.45) is 0 Å². The topological polar surface area (TPSA) is 175 Å². The molecule has 1 fully saturated rings. The number of esters is 1. The summed E-state index contributed by atoms with van der Waals surface area (Å²) in [7, 11) is 0. The number of ether oxygens (including phenoxy) is 3. The summed E-state index contributed by atoms with van der Waals surface area (Å²) >= 11 is 0. The molecule has 1 heterocycles. The van der Waals surface area contributed by atoms with E-state index in [-0.39, 0.29) is 19.4 Å². The van der Waals surface area contributed by atoms with E-state index < -0.39 is 67.4 Å². The van der Waals surface area contributed by atoms with Crippen LogP contribution in [0.5, 0.6) is 0 Å². The molecule has 1 rings (SSSR count). The zero-order chi connectivity index (χ0) is 61.7. The van der Waals surface area contributed by atoms with Crippen LogP contribution >= 0.6 is 0 Å². The second kappa shape index (κ2) is 59.6. The third-order valence-electron chi connectivity index (χ3n) is 14.4. The lowest BCUT2D eigenvalue weighted by Crippen LogP contribution is -2.61. The average Bonchev–Trinajstić information content (AvgIpc) is 3.59. The molecule has 1 amide bonds. The number of nitrogens with one attached hydrogen (secondary N) is 1. The quantitative estimate of drug-likeness (QED) is 0.0195. The first-order valence-electron chi connectivity index (χ1n) is 33.3. The number of unbranched alkanes of at least 4 members (excludes halogenated alkanes) is 16. The molecule has 1 aliphatic heterocycles. The molecule has 0 aromatic rings. The van der Waals surface area contributed by atoms with E-state index in [4.69, 9.17) is 14.2 Å². The van der Waals surface area contributed by atoms with Crippen molar-refractivity contribution in [2.75, 3.05) is 13.2 Å². The van der Waals surface area contributed by atoms with Crippen LogP contribution in [0.3, 0.4) is 0 Å². The molecule has 0 aromatic heterocycles. The Labute approximate surface area is 517 Å². The summed E-state index contributed by atoms with van der Waals surface area (Å²) in [6.45, 7) is 5.50. The molecular formula is C74H119NO10. The lowest BCUT2D eigenvalue weighted by molar-refractivity contribution is -0.305. The number of amides is 1. The SMILES string of the molecule is CC/C=C\C/C=C\C/C=C\C/C=C\C/C=C\C/C=C\CCCCCCCCCC(O)C(=O)NC(COC1OC(CO)C(O)C(O)C1OC(=O)CC/C=C\C/C=C\C/C=C\C/C=C\C/C=C\C/C=C\CC)C(O)/C=C/CCCCCCCCCCC. The zero-order valence-corrected chi connectivity index (χ0v) is 53.2. The van der Waals surface area contributed by atoms with Gasteiger partial charge in [-0.3, -0.25) is 9.59 Å². The molecule has 6 N–H and O–H groups in total. The lowest BCUT2D eigenvalue weighted by Gasteiger charge is -2.41. The van der Waals surface area contributed by atoms with Crippen LogP contribution in [0.15, 0.2) is 158 Å². The summed E-state index contributed by atoms with van der Waals surface area (Å²) in [5, 5.41) is 57.0. The number of aliphatic hydroxyl groups is 5. The number of hydrogen-bond donors (Lipinski definition) is 6. The van der Waals surface area contributed by atoms with Crippen LogP contribution in [0.2, 0.25) is 0 Å². The van der Waals surface area contributed by atoms with Crippen molar-refractivity contribution in [1.29, 1.82) is 0 Å². The molecule has 8 unspecified atom stereocenters. The molecule has 0 bridgehead atoms. The Kier molecular flexibility index (Phi) is 54.9. The van der Waals surface area contributed by atoms with Crippen molar-refractivity contribution in [1.82, 2.24) is 5.32 Å². The van der Waals surface area contributed by atoms with E-state index in [1.165, 1.54) is 38.5 Å². The normalized spacial score (nSPS) is 19.5. The van der Waals surface area contributed by atoms with Gasteiger partial charge in [-0.15, -0.1) is 0 Å². The number of carbonyl (C=O) groups is 2. The maximum absolute atomic E-state index is 13.5. The first kappa shape index (κ1) is 78.3. The van der Waals surface area contributed by atoms with Gasteiger partial charge >= 0.3 is 5.97 Å². The van der Waals surface area contributed by atoms with E-state index in [1.54, 1.807) is 6.08 Å². The molecule has 0 spiro atoms. The molecule has 1 saturated heterocycles. The van der Waals surface area contributed by atoms with Crippen molar-refractivity contribution in [3.8, 4) is 0 Å². The maximum atomic E-state index is 13.5. The van der Waals surface area contributed by atoms with Gasteiger partial charge in [0.05, 0.1) is 25.4 Å². The Balaban J connectivity index is 2.65. The van der Waals surface area contributed by atoms with Crippen molar-refractivity contribution in [3.05, 3.63) is 158 Å². The highest BCUT2D eigenvalue weighted by atomic mass is 16.7. The Bertz CT molecular complexity index is 1990. The lowest BCUT2D eigenvalue weighted by atomic mass is 9.99. The predicted octanol–water partition coefficient (Wildman–Crippen LogP) is 16.7. The van der Waals surface area contributed by atoms with E-state index in [0.29, 0.717) is 19.3 Å². The highest BCUT2D eigenvalue weighted by Gasteiger charge is 2.47. The third-order valence-corrected chi connectivity index (χ3v) is 14.4. The van der Waals surface area contributed by atoms with Gasteiger partial charge in [0.1, 0.15) is 24.4 Å². The third kappa shape index (κ3) is 47.1. The minimum Gasteiger partial charge on any atom is -0.454 e. The molecule has 85 heavy (non-hydrogen) atoms. The maximum Gasteiger partial charge on any atom is 0.306 e. The van der Waals surface area contributed by atoms with Crippen molar-refractivity contribution < 1.29 is 49.3 Å². The van der Waals surface area contributed by atoms with Crippen LogP contribution in [0.25, 0.3) is 0 Å². The number of hydrogen-bond acceptors (Lipinski definition) is 10. The highest BCUT2D eigenvalue weighted by molar-refractivity contribution is 5.80. The highest BCUT2D eigenvalue weighted by Crippen LogP contribution is 2.26. The van der Waals surface area contributed by atoms with Gasteiger partial charge in [-0.1, -0.05) is 269 Å². The molecular weight excluding hydrogens is 1060 g/mol. The zero-order valence-electron chi connectivity index (χ0n) is 53.2. The smallest absolute Gasteiger partial charge is 0.306 e. The van der Waals surface area contributed by atoms with Crippen molar-refractivity contribution >= 4 is 11.9 Å². The number of aliphatic hydroxyl groups excluding tert-OH is 5. The summed E-state index contributed by atoms with van der Waals surface area (Å²) in [5.41, 5.74) is 0. The van der Waals surface area contributed by atoms with Gasteiger partial charge in [-0.25, -0.2) is 0 Å². The van der Waals surface area contributed by atoms with Crippen LogP contribution in [-0.2, 0) is 23.8 Å².